The van der Waals surface area contributed by atoms with Crippen molar-refractivity contribution in [1.29, 1.82) is 0 Å². The van der Waals surface area contributed by atoms with Crippen LogP contribution in [0.1, 0.15) is 52.9 Å². The van der Waals surface area contributed by atoms with Gasteiger partial charge >= 0.3 is 5.97 Å². The monoisotopic (exact) mass is 321 g/mol. The first-order valence-electron chi connectivity index (χ1n) is 6.39. The summed E-state index contributed by atoms with van der Waals surface area (Å²) in [5, 5.41) is 3.14. The van der Waals surface area contributed by atoms with Gasteiger partial charge in [0, 0.05) is 13.0 Å². The molecule has 0 aromatic carbocycles. The van der Waals surface area contributed by atoms with Crippen molar-refractivity contribution < 1.29 is 14.3 Å². The first-order chi connectivity index (χ1) is 8.35. The Kier molecular flexibility index (Phi) is 9.06. The quantitative estimate of drug-likeness (QED) is 0.425. The van der Waals surface area contributed by atoms with Gasteiger partial charge in [-0.2, -0.15) is 0 Å². The van der Waals surface area contributed by atoms with Crippen molar-refractivity contribution in [1.82, 2.24) is 5.32 Å². The highest BCUT2D eigenvalue weighted by molar-refractivity contribution is 9.09. The van der Waals surface area contributed by atoms with E-state index in [2.05, 4.69) is 21.2 Å². The molecule has 0 aliphatic carbocycles. The second kappa shape index (κ2) is 9.36. The lowest BCUT2D eigenvalue weighted by molar-refractivity contribution is -0.154. The normalized spacial score (nSPS) is 11.1. The predicted octanol–water partition coefficient (Wildman–Crippen LogP) is 2.79. The van der Waals surface area contributed by atoms with E-state index < -0.39 is 5.60 Å². The molecule has 0 radical (unpaired) electrons. The van der Waals surface area contributed by atoms with Gasteiger partial charge in [0.05, 0.1) is 5.33 Å². The van der Waals surface area contributed by atoms with Crippen molar-refractivity contribution in [3.8, 4) is 0 Å². The number of hydrogen-bond donors (Lipinski definition) is 1. The van der Waals surface area contributed by atoms with Crippen LogP contribution in [0.4, 0.5) is 0 Å². The number of amides is 1. The summed E-state index contributed by atoms with van der Waals surface area (Å²) in [6.45, 7) is 6.32. The van der Waals surface area contributed by atoms with Gasteiger partial charge in [-0.1, -0.05) is 28.8 Å². The standard InChI is InChI=1S/C13H24BrNO3/c1-13(2,3)18-12(17)8-6-4-5-7-9-15-11(16)10-14/h4-10H2,1-3H3,(H,15,16). The summed E-state index contributed by atoms with van der Waals surface area (Å²) in [7, 11) is 0. The molecule has 0 aromatic heterocycles. The molecule has 106 valence electrons. The van der Waals surface area contributed by atoms with Crippen LogP contribution in [-0.2, 0) is 14.3 Å². The number of unbranched alkanes of at least 4 members (excludes halogenated alkanes) is 3. The van der Waals surface area contributed by atoms with E-state index in [1.807, 2.05) is 20.8 Å². The molecule has 1 N–H and O–H groups in total. The molecule has 0 bridgehead atoms. The fourth-order valence-electron chi connectivity index (χ4n) is 1.42. The molecule has 0 spiro atoms. The lowest BCUT2D eigenvalue weighted by Gasteiger charge is -2.19. The minimum absolute atomic E-state index is 0.0174. The number of rotatable bonds is 8. The number of carbonyl (C=O) groups is 2. The van der Waals surface area contributed by atoms with Crippen molar-refractivity contribution in [3.63, 3.8) is 0 Å². The number of esters is 1. The van der Waals surface area contributed by atoms with Gasteiger partial charge in [0.1, 0.15) is 5.60 Å². The molecule has 0 saturated carbocycles. The van der Waals surface area contributed by atoms with Gasteiger partial charge in [0.2, 0.25) is 5.91 Å². The maximum Gasteiger partial charge on any atom is 0.306 e. The number of hydrogen-bond acceptors (Lipinski definition) is 3. The van der Waals surface area contributed by atoms with Crippen LogP contribution in [0.25, 0.3) is 0 Å². The third-order valence-corrected chi connectivity index (χ3v) is 2.68. The van der Waals surface area contributed by atoms with Crippen LogP contribution in [0.15, 0.2) is 0 Å². The second-order valence-electron chi connectivity index (χ2n) is 5.23. The molecule has 0 aliphatic heterocycles. The molecule has 0 rings (SSSR count). The number of alkyl halides is 1. The van der Waals surface area contributed by atoms with Crippen LogP contribution < -0.4 is 5.32 Å². The maximum atomic E-state index is 11.4. The largest absolute Gasteiger partial charge is 0.460 e. The summed E-state index contributed by atoms with van der Waals surface area (Å²) in [6, 6.07) is 0. The zero-order valence-electron chi connectivity index (χ0n) is 11.6. The van der Waals surface area contributed by atoms with Crippen LogP contribution >= 0.6 is 15.9 Å². The van der Waals surface area contributed by atoms with Crippen LogP contribution in [0.5, 0.6) is 0 Å². The third kappa shape index (κ3) is 11.9. The van der Waals surface area contributed by atoms with E-state index in [0.717, 1.165) is 25.7 Å². The first-order valence-corrected chi connectivity index (χ1v) is 7.52. The third-order valence-electron chi connectivity index (χ3n) is 2.17. The molecule has 4 nitrogen and oxygen atoms in total. The molecule has 5 heteroatoms. The summed E-state index contributed by atoms with van der Waals surface area (Å²) in [5.41, 5.74) is -0.392. The van der Waals surface area contributed by atoms with E-state index in [1.54, 1.807) is 0 Å². The number of ether oxygens (including phenoxy) is 1. The van der Waals surface area contributed by atoms with Gasteiger partial charge in [-0.15, -0.1) is 0 Å². The van der Waals surface area contributed by atoms with E-state index >= 15 is 0 Å². The zero-order valence-corrected chi connectivity index (χ0v) is 13.1. The van der Waals surface area contributed by atoms with Crippen molar-refractivity contribution >= 4 is 27.8 Å². The Bertz CT molecular complexity index is 261. The highest BCUT2D eigenvalue weighted by atomic mass is 79.9. The number of halogens is 1. The molecule has 0 saturated heterocycles. The van der Waals surface area contributed by atoms with Gasteiger partial charge in [0.15, 0.2) is 0 Å². The second-order valence-corrected chi connectivity index (χ2v) is 5.79. The molecular formula is C13H24BrNO3. The predicted molar refractivity (Wildman–Crippen MR) is 75.7 cm³/mol. The lowest BCUT2D eigenvalue weighted by Crippen LogP contribution is -2.25. The molecular weight excluding hydrogens is 298 g/mol. The van der Waals surface area contributed by atoms with E-state index in [0.29, 0.717) is 18.3 Å². The Morgan fingerprint density at radius 1 is 1.11 bits per heavy atom. The minimum Gasteiger partial charge on any atom is -0.460 e. The molecule has 0 fully saturated rings. The van der Waals surface area contributed by atoms with Crippen molar-refractivity contribution in [3.05, 3.63) is 0 Å². The fourth-order valence-corrected chi connectivity index (χ4v) is 1.61. The average molecular weight is 322 g/mol. The summed E-state index contributed by atoms with van der Waals surface area (Å²) in [5.74, 6) is -0.112. The van der Waals surface area contributed by atoms with Crippen LogP contribution in [0.3, 0.4) is 0 Å². The Morgan fingerprint density at radius 2 is 1.72 bits per heavy atom. The molecule has 0 aliphatic rings. The highest BCUT2D eigenvalue weighted by Crippen LogP contribution is 2.10. The molecule has 0 unspecified atom stereocenters. The van der Waals surface area contributed by atoms with E-state index in [9.17, 15) is 9.59 Å². The minimum atomic E-state index is -0.392. The Hall–Kier alpha value is -0.580. The van der Waals surface area contributed by atoms with Crippen molar-refractivity contribution in [2.75, 3.05) is 11.9 Å². The average Bonchev–Trinajstić information content (AvgIpc) is 2.25. The summed E-state index contributed by atoms with van der Waals surface area (Å²) >= 11 is 3.09. The molecule has 0 atom stereocenters. The Labute approximate surface area is 118 Å². The molecule has 1 amide bonds. The van der Waals surface area contributed by atoms with E-state index in [1.165, 1.54) is 0 Å². The summed E-state index contributed by atoms with van der Waals surface area (Å²) < 4.78 is 5.21. The maximum absolute atomic E-state index is 11.4. The van der Waals surface area contributed by atoms with Crippen molar-refractivity contribution in [2.24, 2.45) is 0 Å². The van der Waals surface area contributed by atoms with E-state index in [-0.39, 0.29) is 11.9 Å². The van der Waals surface area contributed by atoms with Gasteiger partial charge in [0.25, 0.3) is 0 Å². The van der Waals surface area contributed by atoms with Crippen LogP contribution in [-0.4, -0.2) is 29.4 Å². The van der Waals surface area contributed by atoms with Crippen molar-refractivity contribution in [2.45, 2.75) is 58.5 Å². The summed E-state index contributed by atoms with van der Waals surface area (Å²) in [4.78, 5) is 22.3. The smallest absolute Gasteiger partial charge is 0.306 e. The van der Waals surface area contributed by atoms with Crippen LogP contribution in [0, 0.1) is 0 Å². The Morgan fingerprint density at radius 3 is 2.28 bits per heavy atom. The summed E-state index contributed by atoms with van der Waals surface area (Å²) in [6.07, 6.45) is 4.29. The van der Waals surface area contributed by atoms with E-state index in [4.69, 9.17) is 4.74 Å². The van der Waals surface area contributed by atoms with Gasteiger partial charge in [-0.25, -0.2) is 0 Å². The number of nitrogens with one attached hydrogen (secondary N) is 1. The van der Waals surface area contributed by atoms with Gasteiger partial charge in [-0.05, 0) is 33.6 Å². The highest BCUT2D eigenvalue weighted by Gasteiger charge is 2.15. The lowest BCUT2D eigenvalue weighted by atomic mass is 10.1. The van der Waals surface area contributed by atoms with Gasteiger partial charge in [-0.3, -0.25) is 9.59 Å². The van der Waals surface area contributed by atoms with Gasteiger partial charge < -0.3 is 10.1 Å². The molecule has 0 heterocycles. The fraction of sp³-hybridized carbons (Fsp3) is 0.846. The molecule has 18 heavy (non-hydrogen) atoms. The SMILES string of the molecule is CC(C)(C)OC(=O)CCCCCCNC(=O)CBr. The first kappa shape index (κ1) is 17.4. The molecule has 0 aromatic rings. The van der Waals surface area contributed by atoms with Crippen LogP contribution in [0.2, 0.25) is 0 Å². The zero-order chi connectivity index (χ0) is 14.0. The topological polar surface area (TPSA) is 55.4 Å². The Balaban J connectivity index is 3.35. The number of carbonyl (C=O) groups excluding carboxylic acids is 2.